The first-order valence-corrected chi connectivity index (χ1v) is 10.8. The fourth-order valence-electron chi connectivity index (χ4n) is 3.99. The van der Waals surface area contributed by atoms with Gasteiger partial charge in [-0.25, -0.2) is 0 Å². The van der Waals surface area contributed by atoms with E-state index in [9.17, 15) is 4.79 Å². The number of benzene rings is 4. The molecule has 0 aromatic heterocycles. The van der Waals surface area contributed by atoms with E-state index in [1.54, 1.807) is 0 Å². The molecule has 4 rings (SSSR count). The minimum atomic E-state index is -0.381. The highest BCUT2D eigenvalue weighted by Crippen LogP contribution is 2.38. The summed E-state index contributed by atoms with van der Waals surface area (Å²) in [6, 6.07) is 38.1. The monoisotopic (exact) mass is 425 g/mol. The molecule has 0 fully saturated rings. The van der Waals surface area contributed by atoms with Gasteiger partial charge in [-0.3, -0.25) is 4.79 Å². The van der Waals surface area contributed by atoms with Crippen LogP contribution in [0.25, 0.3) is 0 Å². The van der Waals surface area contributed by atoms with Crippen LogP contribution in [0.4, 0.5) is 0 Å². The summed E-state index contributed by atoms with van der Waals surface area (Å²) in [5, 5.41) is 3.79. The van der Waals surface area contributed by atoms with Gasteiger partial charge in [-0.05, 0) is 28.3 Å². The first-order valence-electron chi connectivity index (χ1n) is 10.4. The molecule has 2 nitrogen and oxygen atoms in total. The molecule has 1 amide bonds. The van der Waals surface area contributed by atoms with Gasteiger partial charge in [-0.15, -0.1) is 0 Å². The highest BCUT2D eigenvalue weighted by atomic mass is 35.5. The fraction of sp³-hybridized carbons (Fsp3) is 0.107. The summed E-state index contributed by atoms with van der Waals surface area (Å²) < 4.78 is 0. The van der Waals surface area contributed by atoms with Crippen molar-refractivity contribution in [3.05, 3.63) is 143 Å². The summed E-state index contributed by atoms with van der Waals surface area (Å²) in [7, 11) is 0. The second-order valence-electron chi connectivity index (χ2n) is 7.50. The SMILES string of the molecule is O=C(NCc1ccccc1Cl)C(c1ccccc1)C(c1ccccc1)c1ccccc1. The van der Waals surface area contributed by atoms with Crippen LogP contribution in [-0.2, 0) is 11.3 Å². The lowest BCUT2D eigenvalue weighted by atomic mass is 9.76. The maximum atomic E-state index is 13.7. The Balaban J connectivity index is 1.74. The molecule has 154 valence electrons. The predicted octanol–water partition coefficient (Wildman–Crippen LogP) is 6.57. The Bertz CT molecular complexity index is 1070. The topological polar surface area (TPSA) is 29.1 Å². The third-order valence-corrected chi connectivity index (χ3v) is 5.87. The molecule has 0 radical (unpaired) electrons. The first kappa shape index (κ1) is 20.9. The van der Waals surface area contributed by atoms with Gasteiger partial charge in [0.25, 0.3) is 0 Å². The van der Waals surface area contributed by atoms with Crippen molar-refractivity contribution in [2.75, 3.05) is 0 Å². The molecule has 4 aromatic rings. The standard InChI is InChI=1S/C28H24ClNO/c29-25-19-11-10-18-24(25)20-30-28(31)27(23-16-8-3-9-17-23)26(21-12-4-1-5-13-21)22-14-6-2-7-15-22/h1-19,26-27H,20H2,(H,30,31). The first-order chi connectivity index (χ1) is 15.2. The molecule has 0 aliphatic heterocycles. The van der Waals surface area contributed by atoms with Gasteiger partial charge in [0, 0.05) is 17.5 Å². The summed E-state index contributed by atoms with van der Waals surface area (Å²) in [4.78, 5) is 13.7. The molecule has 0 spiro atoms. The molecule has 31 heavy (non-hydrogen) atoms. The highest BCUT2D eigenvalue weighted by Gasteiger charge is 2.32. The van der Waals surface area contributed by atoms with E-state index in [0.717, 1.165) is 22.3 Å². The Morgan fingerprint density at radius 3 is 1.61 bits per heavy atom. The largest absolute Gasteiger partial charge is 0.351 e. The quantitative estimate of drug-likeness (QED) is 0.356. The minimum absolute atomic E-state index is 0.0242. The smallest absolute Gasteiger partial charge is 0.228 e. The molecule has 0 saturated carbocycles. The maximum absolute atomic E-state index is 13.7. The van der Waals surface area contributed by atoms with Gasteiger partial charge < -0.3 is 5.32 Å². The Hall–Kier alpha value is -3.36. The van der Waals surface area contributed by atoms with E-state index in [-0.39, 0.29) is 17.7 Å². The van der Waals surface area contributed by atoms with Crippen molar-refractivity contribution in [3.63, 3.8) is 0 Å². The van der Waals surface area contributed by atoms with Crippen molar-refractivity contribution < 1.29 is 4.79 Å². The lowest BCUT2D eigenvalue weighted by Gasteiger charge is -2.28. The number of nitrogens with one attached hydrogen (secondary N) is 1. The van der Waals surface area contributed by atoms with E-state index in [2.05, 4.69) is 29.6 Å². The van der Waals surface area contributed by atoms with Gasteiger partial charge in [-0.1, -0.05) is 121 Å². The van der Waals surface area contributed by atoms with Crippen LogP contribution in [0.1, 0.15) is 34.1 Å². The van der Waals surface area contributed by atoms with Crippen molar-refractivity contribution in [2.24, 2.45) is 0 Å². The molecule has 4 aromatic carbocycles. The molecule has 0 saturated heterocycles. The number of rotatable bonds is 7. The van der Waals surface area contributed by atoms with Gasteiger partial charge in [0.1, 0.15) is 0 Å². The number of carbonyl (C=O) groups is 1. The lowest BCUT2D eigenvalue weighted by Crippen LogP contribution is -2.33. The zero-order valence-corrected chi connectivity index (χ0v) is 17.9. The van der Waals surface area contributed by atoms with Crippen molar-refractivity contribution in [1.82, 2.24) is 5.32 Å². The average molecular weight is 426 g/mol. The Kier molecular flexibility index (Phi) is 6.81. The molecule has 1 atom stereocenters. The van der Waals surface area contributed by atoms with Crippen LogP contribution < -0.4 is 5.32 Å². The molecular formula is C28H24ClNO. The van der Waals surface area contributed by atoms with Crippen LogP contribution in [0.3, 0.4) is 0 Å². The summed E-state index contributed by atoms with van der Waals surface area (Å²) >= 11 is 6.31. The second kappa shape index (κ2) is 10.1. The molecule has 0 bridgehead atoms. The van der Waals surface area contributed by atoms with Crippen LogP contribution in [0.15, 0.2) is 115 Å². The van der Waals surface area contributed by atoms with Gasteiger partial charge in [0.2, 0.25) is 5.91 Å². The Morgan fingerprint density at radius 2 is 1.10 bits per heavy atom. The maximum Gasteiger partial charge on any atom is 0.228 e. The van der Waals surface area contributed by atoms with Gasteiger partial charge in [0.15, 0.2) is 0 Å². The molecule has 0 heterocycles. The van der Waals surface area contributed by atoms with E-state index in [0.29, 0.717) is 11.6 Å². The van der Waals surface area contributed by atoms with Crippen molar-refractivity contribution in [3.8, 4) is 0 Å². The summed E-state index contributed by atoms with van der Waals surface area (Å²) in [5.41, 5.74) is 4.10. The Morgan fingerprint density at radius 1 is 0.645 bits per heavy atom. The van der Waals surface area contributed by atoms with Crippen molar-refractivity contribution in [2.45, 2.75) is 18.4 Å². The van der Waals surface area contributed by atoms with Crippen LogP contribution in [0, 0.1) is 0 Å². The van der Waals surface area contributed by atoms with E-state index >= 15 is 0 Å². The summed E-state index contributed by atoms with van der Waals surface area (Å²) in [6.07, 6.45) is 0. The van der Waals surface area contributed by atoms with E-state index in [4.69, 9.17) is 11.6 Å². The predicted molar refractivity (Wildman–Crippen MR) is 127 cm³/mol. The third-order valence-electron chi connectivity index (χ3n) is 5.50. The van der Waals surface area contributed by atoms with Crippen molar-refractivity contribution in [1.29, 1.82) is 0 Å². The van der Waals surface area contributed by atoms with Gasteiger partial charge in [0.05, 0.1) is 5.92 Å². The van der Waals surface area contributed by atoms with Crippen LogP contribution in [-0.4, -0.2) is 5.91 Å². The van der Waals surface area contributed by atoms with Crippen LogP contribution in [0.5, 0.6) is 0 Å². The molecule has 1 N–H and O–H groups in total. The lowest BCUT2D eigenvalue weighted by molar-refractivity contribution is -0.123. The molecular weight excluding hydrogens is 402 g/mol. The minimum Gasteiger partial charge on any atom is -0.351 e. The Labute approximate surface area is 188 Å². The number of hydrogen-bond donors (Lipinski definition) is 1. The summed E-state index contributed by atoms with van der Waals surface area (Å²) in [6.45, 7) is 0.387. The van der Waals surface area contributed by atoms with Gasteiger partial charge in [-0.2, -0.15) is 0 Å². The highest BCUT2D eigenvalue weighted by molar-refractivity contribution is 6.31. The van der Waals surface area contributed by atoms with Gasteiger partial charge >= 0.3 is 0 Å². The van der Waals surface area contributed by atoms with Crippen LogP contribution >= 0.6 is 11.6 Å². The van der Waals surface area contributed by atoms with E-state index in [1.165, 1.54) is 0 Å². The fourth-order valence-corrected chi connectivity index (χ4v) is 4.19. The number of amides is 1. The normalized spacial score (nSPS) is 11.8. The second-order valence-corrected chi connectivity index (χ2v) is 7.90. The number of halogens is 1. The molecule has 1 unspecified atom stereocenters. The number of carbonyl (C=O) groups excluding carboxylic acids is 1. The van der Waals surface area contributed by atoms with E-state index in [1.807, 2.05) is 91.0 Å². The molecule has 3 heteroatoms. The third kappa shape index (κ3) is 5.04. The van der Waals surface area contributed by atoms with E-state index < -0.39 is 0 Å². The van der Waals surface area contributed by atoms with Crippen molar-refractivity contribution >= 4 is 17.5 Å². The number of hydrogen-bond acceptors (Lipinski definition) is 1. The summed E-state index contributed by atoms with van der Waals surface area (Å²) in [5.74, 6) is -0.520. The van der Waals surface area contributed by atoms with Crippen LogP contribution in [0.2, 0.25) is 5.02 Å². The average Bonchev–Trinajstić information content (AvgIpc) is 2.83. The molecule has 0 aliphatic rings. The zero-order chi connectivity index (χ0) is 21.5. The molecule has 0 aliphatic carbocycles. The zero-order valence-electron chi connectivity index (χ0n) is 17.1.